The molecule has 5 heteroatoms. The summed E-state index contributed by atoms with van der Waals surface area (Å²) in [6.45, 7) is 0. The SMILES string of the molecule is O=[N+]([O-])c1c(Cl)cccc1CBr. The molecule has 0 N–H and O–H groups in total. The van der Waals surface area contributed by atoms with Crippen molar-refractivity contribution in [3.05, 3.63) is 38.9 Å². The molecule has 0 aliphatic carbocycles. The minimum atomic E-state index is -0.473. The summed E-state index contributed by atoms with van der Waals surface area (Å²) in [5.41, 5.74) is 0.573. The van der Waals surface area contributed by atoms with Gasteiger partial charge in [-0.2, -0.15) is 0 Å². The highest BCUT2D eigenvalue weighted by atomic mass is 79.9. The summed E-state index contributed by atoms with van der Waals surface area (Å²) in [5, 5.41) is 11.1. The Hall–Kier alpha value is -0.610. The highest BCUT2D eigenvalue weighted by Gasteiger charge is 2.16. The number of hydrogen-bond acceptors (Lipinski definition) is 2. The lowest BCUT2D eigenvalue weighted by Gasteiger charge is -1.99. The molecule has 0 bridgehead atoms. The Morgan fingerprint density at radius 1 is 1.58 bits per heavy atom. The number of alkyl halides is 1. The van der Waals surface area contributed by atoms with Gasteiger partial charge in [-0.1, -0.05) is 39.7 Å². The van der Waals surface area contributed by atoms with Gasteiger partial charge in [0.05, 0.1) is 4.92 Å². The summed E-state index contributed by atoms with van der Waals surface area (Å²) in [5.74, 6) is 0. The molecule has 3 nitrogen and oxygen atoms in total. The van der Waals surface area contributed by atoms with Crippen molar-refractivity contribution in [2.24, 2.45) is 0 Å². The molecule has 0 aromatic heterocycles. The predicted molar refractivity (Wildman–Crippen MR) is 50.7 cm³/mol. The first-order valence-electron chi connectivity index (χ1n) is 3.14. The number of halogens is 2. The zero-order chi connectivity index (χ0) is 9.14. The summed E-state index contributed by atoms with van der Waals surface area (Å²) < 4.78 is 0. The Bertz CT molecular complexity index is 316. The quantitative estimate of drug-likeness (QED) is 0.460. The van der Waals surface area contributed by atoms with Crippen LogP contribution in [0.25, 0.3) is 0 Å². The summed E-state index contributed by atoms with van der Waals surface area (Å²) in [4.78, 5) is 10.0. The zero-order valence-electron chi connectivity index (χ0n) is 5.96. The van der Waals surface area contributed by atoms with Crippen molar-refractivity contribution in [2.75, 3.05) is 0 Å². The Morgan fingerprint density at radius 3 is 2.67 bits per heavy atom. The van der Waals surface area contributed by atoms with Crippen molar-refractivity contribution in [1.82, 2.24) is 0 Å². The molecular formula is C7H5BrClNO2. The van der Waals surface area contributed by atoms with Crippen LogP contribution in [0.2, 0.25) is 5.02 Å². The van der Waals surface area contributed by atoms with E-state index in [1.165, 1.54) is 6.07 Å². The Labute approximate surface area is 82.6 Å². The molecule has 0 amide bonds. The van der Waals surface area contributed by atoms with E-state index in [1.54, 1.807) is 12.1 Å². The first kappa shape index (κ1) is 9.48. The van der Waals surface area contributed by atoms with Crippen molar-refractivity contribution in [2.45, 2.75) is 5.33 Å². The smallest absolute Gasteiger partial charge is 0.258 e. The molecule has 0 radical (unpaired) electrons. The lowest BCUT2D eigenvalue weighted by atomic mass is 10.2. The van der Waals surface area contributed by atoms with Crippen LogP contribution in [0.3, 0.4) is 0 Å². The van der Waals surface area contributed by atoms with Gasteiger partial charge in [-0.3, -0.25) is 10.1 Å². The van der Waals surface area contributed by atoms with Gasteiger partial charge in [0.25, 0.3) is 5.69 Å². The third kappa shape index (κ3) is 1.76. The highest BCUT2D eigenvalue weighted by molar-refractivity contribution is 9.08. The molecule has 64 valence electrons. The molecule has 0 saturated carbocycles. The van der Waals surface area contributed by atoms with Crippen molar-refractivity contribution >= 4 is 33.2 Å². The van der Waals surface area contributed by atoms with Crippen molar-refractivity contribution < 1.29 is 4.92 Å². The minimum absolute atomic E-state index is 0.0176. The molecular weight excluding hydrogens is 245 g/mol. The van der Waals surface area contributed by atoms with Gasteiger partial charge in [0.2, 0.25) is 0 Å². The van der Waals surface area contributed by atoms with Gasteiger partial charge >= 0.3 is 0 Å². The molecule has 0 saturated heterocycles. The Kier molecular flexibility index (Phi) is 3.05. The molecule has 0 fully saturated rings. The van der Waals surface area contributed by atoms with Gasteiger partial charge in [-0.05, 0) is 6.07 Å². The van der Waals surface area contributed by atoms with E-state index in [9.17, 15) is 10.1 Å². The van der Waals surface area contributed by atoms with E-state index in [1.807, 2.05) is 0 Å². The van der Waals surface area contributed by atoms with Crippen LogP contribution in [-0.2, 0) is 5.33 Å². The lowest BCUT2D eigenvalue weighted by molar-refractivity contribution is -0.385. The molecule has 0 unspecified atom stereocenters. The first-order valence-corrected chi connectivity index (χ1v) is 4.64. The van der Waals surface area contributed by atoms with Gasteiger partial charge in [0.1, 0.15) is 5.02 Å². The molecule has 1 aromatic carbocycles. The van der Waals surface area contributed by atoms with Gasteiger partial charge in [0, 0.05) is 10.9 Å². The largest absolute Gasteiger partial charge is 0.291 e. The van der Waals surface area contributed by atoms with E-state index in [-0.39, 0.29) is 10.7 Å². The van der Waals surface area contributed by atoms with Crippen LogP contribution >= 0.6 is 27.5 Å². The van der Waals surface area contributed by atoms with Gasteiger partial charge in [0.15, 0.2) is 0 Å². The van der Waals surface area contributed by atoms with E-state index in [4.69, 9.17) is 11.6 Å². The molecule has 1 rings (SSSR count). The summed E-state index contributed by atoms with van der Waals surface area (Å²) >= 11 is 8.79. The average molecular weight is 250 g/mol. The molecule has 0 atom stereocenters. The van der Waals surface area contributed by atoms with E-state index in [0.29, 0.717) is 10.9 Å². The van der Waals surface area contributed by atoms with Crippen LogP contribution in [0.15, 0.2) is 18.2 Å². The van der Waals surface area contributed by atoms with Crippen LogP contribution < -0.4 is 0 Å². The number of rotatable bonds is 2. The van der Waals surface area contributed by atoms with E-state index in [0.717, 1.165) is 0 Å². The maximum absolute atomic E-state index is 10.5. The van der Waals surface area contributed by atoms with Crippen molar-refractivity contribution in [3.63, 3.8) is 0 Å². The summed E-state index contributed by atoms with van der Waals surface area (Å²) in [6, 6.07) is 4.86. The second-order valence-corrected chi connectivity index (χ2v) is 3.11. The maximum atomic E-state index is 10.5. The second kappa shape index (κ2) is 3.87. The van der Waals surface area contributed by atoms with Gasteiger partial charge < -0.3 is 0 Å². The summed E-state index contributed by atoms with van der Waals surface area (Å²) in [7, 11) is 0. The van der Waals surface area contributed by atoms with Crippen molar-refractivity contribution in [3.8, 4) is 0 Å². The van der Waals surface area contributed by atoms with Crippen molar-refractivity contribution in [1.29, 1.82) is 0 Å². The molecule has 0 aliphatic heterocycles. The number of para-hydroxylation sites is 1. The maximum Gasteiger partial charge on any atom is 0.291 e. The molecule has 0 heterocycles. The van der Waals surface area contributed by atoms with Crippen LogP contribution in [0.4, 0.5) is 5.69 Å². The minimum Gasteiger partial charge on any atom is -0.258 e. The standard InChI is InChI=1S/C7H5BrClNO2/c8-4-5-2-1-3-6(9)7(5)10(11)12/h1-3H,4H2. The van der Waals surface area contributed by atoms with E-state index >= 15 is 0 Å². The second-order valence-electron chi connectivity index (χ2n) is 2.14. The third-order valence-corrected chi connectivity index (χ3v) is 2.31. The highest BCUT2D eigenvalue weighted by Crippen LogP contribution is 2.29. The fourth-order valence-electron chi connectivity index (χ4n) is 0.872. The molecule has 0 aliphatic rings. The van der Waals surface area contributed by atoms with Crippen LogP contribution in [0.5, 0.6) is 0 Å². The molecule has 1 aromatic rings. The van der Waals surface area contributed by atoms with Gasteiger partial charge in [-0.25, -0.2) is 0 Å². The van der Waals surface area contributed by atoms with E-state index in [2.05, 4.69) is 15.9 Å². The van der Waals surface area contributed by atoms with Gasteiger partial charge in [-0.15, -0.1) is 0 Å². The normalized spacial score (nSPS) is 9.83. The number of hydrogen-bond donors (Lipinski definition) is 0. The number of nitrogens with zero attached hydrogens (tertiary/aromatic N) is 1. The molecule has 12 heavy (non-hydrogen) atoms. The number of nitro benzene ring substituents is 1. The Balaban J connectivity index is 3.29. The summed E-state index contributed by atoms with van der Waals surface area (Å²) in [6.07, 6.45) is 0. The molecule has 0 spiro atoms. The zero-order valence-corrected chi connectivity index (χ0v) is 8.30. The topological polar surface area (TPSA) is 43.1 Å². The van der Waals surface area contributed by atoms with Crippen LogP contribution in [0.1, 0.15) is 5.56 Å². The average Bonchev–Trinajstić information content (AvgIpc) is 2.03. The fourth-order valence-corrected chi connectivity index (χ4v) is 1.59. The first-order chi connectivity index (χ1) is 5.66. The monoisotopic (exact) mass is 249 g/mol. The Morgan fingerprint density at radius 2 is 2.25 bits per heavy atom. The number of benzene rings is 1. The lowest BCUT2D eigenvalue weighted by Crippen LogP contribution is -1.93. The van der Waals surface area contributed by atoms with Crippen LogP contribution in [-0.4, -0.2) is 4.92 Å². The van der Waals surface area contributed by atoms with E-state index < -0.39 is 4.92 Å². The van der Waals surface area contributed by atoms with Crippen LogP contribution in [0, 0.1) is 10.1 Å². The third-order valence-electron chi connectivity index (χ3n) is 1.40. The predicted octanol–water partition coefficient (Wildman–Crippen LogP) is 3.14. The number of nitro groups is 1. The fraction of sp³-hybridized carbons (Fsp3) is 0.143.